The van der Waals surface area contributed by atoms with Gasteiger partial charge in [0, 0.05) is 31.0 Å². The highest BCUT2D eigenvalue weighted by atomic mass is 19.1. The molecule has 6 heteroatoms. The highest BCUT2D eigenvalue weighted by Gasteiger charge is 2.17. The van der Waals surface area contributed by atoms with Crippen molar-refractivity contribution in [3.8, 4) is 11.5 Å². The number of carbonyl (C=O) groups excluding carboxylic acids is 1. The number of aromatic nitrogens is 1. The molecule has 0 radical (unpaired) electrons. The molecular weight excluding hydrogens is 383 g/mol. The Morgan fingerprint density at radius 3 is 2.47 bits per heavy atom. The van der Waals surface area contributed by atoms with Crippen molar-refractivity contribution >= 4 is 5.91 Å². The number of carbonyl (C=O) groups is 1. The van der Waals surface area contributed by atoms with Gasteiger partial charge in [-0.3, -0.25) is 9.78 Å². The van der Waals surface area contributed by atoms with E-state index in [1.807, 2.05) is 26.0 Å². The van der Waals surface area contributed by atoms with Crippen LogP contribution in [-0.2, 0) is 13.2 Å². The summed E-state index contributed by atoms with van der Waals surface area (Å²) < 4.78 is 25.1. The minimum atomic E-state index is -0.315. The summed E-state index contributed by atoms with van der Waals surface area (Å²) in [6.45, 7) is 5.42. The van der Waals surface area contributed by atoms with Gasteiger partial charge in [0.25, 0.3) is 5.91 Å². The van der Waals surface area contributed by atoms with Gasteiger partial charge in [-0.15, -0.1) is 0 Å². The number of amides is 1. The first-order valence-electron chi connectivity index (χ1n) is 9.93. The molecule has 0 unspecified atom stereocenters. The monoisotopic (exact) mass is 408 g/mol. The van der Waals surface area contributed by atoms with E-state index >= 15 is 0 Å². The summed E-state index contributed by atoms with van der Waals surface area (Å²) >= 11 is 0. The Balaban J connectivity index is 1.76. The molecule has 3 rings (SSSR count). The summed E-state index contributed by atoms with van der Waals surface area (Å²) in [6, 6.07) is 15.2. The fourth-order valence-electron chi connectivity index (χ4n) is 3.03. The van der Waals surface area contributed by atoms with Crippen LogP contribution in [0.5, 0.6) is 11.5 Å². The summed E-state index contributed by atoms with van der Waals surface area (Å²) in [7, 11) is 0. The lowest BCUT2D eigenvalue weighted by Gasteiger charge is -2.22. The Kier molecular flexibility index (Phi) is 7.38. The van der Waals surface area contributed by atoms with Crippen LogP contribution in [0.15, 0.2) is 67.0 Å². The normalized spacial score (nSPS) is 10.5. The fourth-order valence-corrected chi connectivity index (χ4v) is 3.03. The van der Waals surface area contributed by atoms with Gasteiger partial charge in [-0.25, -0.2) is 4.39 Å². The molecule has 0 atom stereocenters. The Morgan fingerprint density at radius 2 is 1.77 bits per heavy atom. The van der Waals surface area contributed by atoms with E-state index in [0.717, 1.165) is 11.1 Å². The molecule has 0 aliphatic rings. The molecule has 3 aromatic rings. The minimum absolute atomic E-state index is 0.150. The van der Waals surface area contributed by atoms with Crippen LogP contribution in [-0.4, -0.2) is 28.9 Å². The first kappa shape index (κ1) is 21.3. The summed E-state index contributed by atoms with van der Waals surface area (Å²) in [5.41, 5.74) is 2.22. The molecule has 1 heterocycles. The van der Waals surface area contributed by atoms with Crippen LogP contribution >= 0.6 is 0 Å². The number of halogens is 1. The first-order valence-corrected chi connectivity index (χ1v) is 9.93. The van der Waals surface area contributed by atoms with Gasteiger partial charge in [-0.05, 0) is 67.4 Å². The van der Waals surface area contributed by atoms with Gasteiger partial charge in [-0.2, -0.15) is 0 Å². The number of pyridine rings is 1. The lowest BCUT2D eigenvalue weighted by molar-refractivity contribution is 0.0752. The molecule has 2 aromatic carbocycles. The molecule has 0 bridgehead atoms. The van der Waals surface area contributed by atoms with Gasteiger partial charge in [0.15, 0.2) is 11.5 Å². The molecule has 30 heavy (non-hydrogen) atoms. The smallest absolute Gasteiger partial charge is 0.254 e. The van der Waals surface area contributed by atoms with E-state index in [4.69, 9.17) is 9.47 Å². The van der Waals surface area contributed by atoms with Crippen molar-refractivity contribution in [2.45, 2.75) is 27.0 Å². The molecule has 0 fully saturated rings. The van der Waals surface area contributed by atoms with Crippen molar-refractivity contribution in [3.05, 3.63) is 89.5 Å². The minimum Gasteiger partial charge on any atom is -0.490 e. The zero-order valence-corrected chi connectivity index (χ0v) is 17.2. The highest BCUT2D eigenvalue weighted by molar-refractivity contribution is 5.94. The molecule has 0 spiro atoms. The molecular formula is C24H25FN2O3. The number of rotatable bonds is 9. The molecule has 0 saturated heterocycles. The van der Waals surface area contributed by atoms with Crippen molar-refractivity contribution in [1.82, 2.24) is 9.88 Å². The van der Waals surface area contributed by atoms with Crippen molar-refractivity contribution in [2.75, 3.05) is 13.2 Å². The number of ether oxygens (including phenoxy) is 2. The van der Waals surface area contributed by atoms with Gasteiger partial charge < -0.3 is 14.4 Å². The maximum atomic E-state index is 13.5. The van der Waals surface area contributed by atoms with Crippen LogP contribution in [0.1, 0.15) is 35.3 Å². The number of hydrogen-bond donors (Lipinski definition) is 0. The number of benzene rings is 2. The summed E-state index contributed by atoms with van der Waals surface area (Å²) in [4.78, 5) is 18.7. The number of nitrogens with zero attached hydrogens (tertiary/aromatic N) is 2. The second-order valence-corrected chi connectivity index (χ2v) is 6.69. The first-order chi connectivity index (χ1) is 14.6. The second kappa shape index (κ2) is 10.4. The highest BCUT2D eigenvalue weighted by Crippen LogP contribution is 2.30. The van der Waals surface area contributed by atoms with Crippen LogP contribution < -0.4 is 9.47 Å². The third kappa shape index (κ3) is 5.56. The van der Waals surface area contributed by atoms with E-state index in [2.05, 4.69) is 4.98 Å². The van der Waals surface area contributed by atoms with E-state index in [1.54, 1.807) is 47.6 Å². The van der Waals surface area contributed by atoms with Crippen LogP contribution in [0.3, 0.4) is 0 Å². The van der Waals surface area contributed by atoms with Crippen LogP contribution in [0.2, 0.25) is 0 Å². The Morgan fingerprint density at radius 1 is 0.967 bits per heavy atom. The SMILES string of the molecule is CCOc1cc(C(=O)N(CC)Cc2cccc(F)c2)ccc1OCc1ccncc1. The topological polar surface area (TPSA) is 51.7 Å². The van der Waals surface area contributed by atoms with Crippen LogP contribution in [0.4, 0.5) is 4.39 Å². The van der Waals surface area contributed by atoms with Crippen LogP contribution in [0, 0.1) is 5.82 Å². The van der Waals surface area contributed by atoms with Gasteiger partial charge in [0.1, 0.15) is 12.4 Å². The molecule has 1 aromatic heterocycles. The molecule has 0 saturated carbocycles. The van der Waals surface area contributed by atoms with Crippen LogP contribution in [0.25, 0.3) is 0 Å². The largest absolute Gasteiger partial charge is 0.490 e. The van der Waals surface area contributed by atoms with E-state index in [-0.39, 0.29) is 11.7 Å². The molecule has 1 amide bonds. The fraction of sp³-hybridized carbons (Fsp3) is 0.250. The van der Waals surface area contributed by atoms with E-state index < -0.39 is 0 Å². The van der Waals surface area contributed by atoms with Gasteiger partial charge in [0.05, 0.1) is 6.61 Å². The predicted molar refractivity (Wildman–Crippen MR) is 113 cm³/mol. The predicted octanol–water partition coefficient (Wildman–Crippen LogP) is 4.86. The maximum Gasteiger partial charge on any atom is 0.254 e. The van der Waals surface area contributed by atoms with E-state index in [0.29, 0.717) is 43.4 Å². The van der Waals surface area contributed by atoms with Gasteiger partial charge >= 0.3 is 0 Å². The molecule has 5 nitrogen and oxygen atoms in total. The molecule has 0 aliphatic carbocycles. The third-order valence-corrected chi connectivity index (χ3v) is 4.57. The molecule has 0 aliphatic heterocycles. The lowest BCUT2D eigenvalue weighted by Crippen LogP contribution is -2.30. The van der Waals surface area contributed by atoms with Crippen molar-refractivity contribution in [3.63, 3.8) is 0 Å². The van der Waals surface area contributed by atoms with Crippen molar-refractivity contribution in [2.24, 2.45) is 0 Å². The number of hydrogen-bond acceptors (Lipinski definition) is 4. The molecule has 156 valence electrons. The Labute approximate surface area is 176 Å². The maximum absolute atomic E-state index is 13.5. The van der Waals surface area contributed by atoms with Gasteiger partial charge in [-0.1, -0.05) is 12.1 Å². The summed E-state index contributed by atoms with van der Waals surface area (Å²) in [6.07, 6.45) is 3.42. The zero-order valence-electron chi connectivity index (χ0n) is 17.2. The quantitative estimate of drug-likeness (QED) is 0.507. The average Bonchev–Trinajstić information content (AvgIpc) is 2.77. The summed E-state index contributed by atoms with van der Waals surface area (Å²) in [5, 5.41) is 0. The van der Waals surface area contributed by atoms with E-state index in [9.17, 15) is 9.18 Å². The van der Waals surface area contributed by atoms with E-state index in [1.165, 1.54) is 12.1 Å². The molecule has 0 N–H and O–H groups in total. The lowest BCUT2D eigenvalue weighted by atomic mass is 10.1. The van der Waals surface area contributed by atoms with Crippen molar-refractivity contribution in [1.29, 1.82) is 0 Å². The third-order valence-electron chi connectivity index (χ3n) is 4.57. The second-order valence-electron chi connectivity index (χ2n) is 6.69. The van der Waals surface area contributed by atoms with Gasteiger partial charge in [0.2, 0.25) is 0 Å². The summed E-state index contributed by atoms with van der Waals surface area (Å²) in [5.74, 6) is 0.617. The standard InChI is InChI=1S/C24H25FN2O3/c1-3-27(16-19-6-5-7-21(25)14-19)24(28)20-8-9-22(23(15-20)29-4-2)30-17-18-10-12-26-13-11-18/h5-15H,3-4,16-17H2,1-2H3. The average molecular weight is 408 g/mol. The van der Waals surface area contributed by atoms with Crippen molar-refractivity contribution < 1.29 is 18.7 Å². The Bertz CT molecular complexity index is 979. The Hall–Kier alpha value is -3.41. The zero-order chi connectivity index (χ0) is 21.3.